The second kappa shape index (κ2) is 5.26. The van der Waals surface area contributed by atoms with Gasteiger partial charge in [-0.2, -0.15) is 0 Å². The molecule has 0 N–H and O–H groups in total. The lowest BCUT2D eigenvalue weighted by atomic mass is 10.1. The first kappa shape index (κ1) is 14.3. The fraction of sp³-hybridized carbons (Fsp3) is 0.471. The molecule has 0 amide bonds. The molecule has 0 spiro atoms. The predicted molar refractivity (Wildman–Crippen MR) is 85.3 cm³/mol. The molecule has 1 saturated heterocycles. The summed E-state index contributed by atoms with van der Waals surface area (Å²) in [7, 11) is 4.25. The van der Waals surface area contributed by atoms with Crippen LogP contribution in [-0.2, 0) is 0 Å². The molecular formula is C17H22FN3. The molecule has 0 aliphatic carbocycles. The normalized spacial score (nSPS) is 22.5. The molecule has 1 aliphatic heterocycles. The third kappa shape index (κ3) is 2.60. The standard InChI is InChI=1S/C17H22FN3/c1-11-9-21(10-17(11)20(3)4)16-7-12(2)19-15-6-5-13(18)8-14(15)16/h5-8,11,17H,9-10H2,1-4H3. The number of aromatic nitrogens is 1. The van der Waals surface area contributed by atoms with E-state index in [9.17, 15) is 4.39 Å². The molecule has 2 heterocycles. The van der Waals surface area contributed by atoms with E-state index < -0.39 is 0 Å². The topological polar surface area (TPSA) is 19.4 Å². The first-order chi connectivity index (χ1) is 9.95. The summed E-state index contributed by atoms with van der Waals surface area (Å²) in [6, 6.07) is 7.46. The van der Waals surface area contributed by atoms with E-state index in [1.165, 1.54) is 6.07 Å². The third-order valence-corrected chi connectivity index (χ3v) is 4.45. The van der Waals surface area contributed by atoms with Crippen LogP contribution in [0, 0.1) is 18.7 Å². The van der Waals surface area contributed by atoms with Crippen molar-refractivity contribution in [3.8, 4) is 0 Å². The summed E-state index contributed by atoms with van der Waals surface area (Å²) in [6.45, 7) is 6.25. The molecule has 1 fully saturated rings. The summed E-state index contributed by atoms with van der Waals surface area (Å²) in [5.74, 6) is 0.392. The van der Waals surface area contributed by atoms with Crippen molar-refractivity contribution < 1.29 is 4.39 Å². The quantitative estimate of drug-likeness (QED) is 0.846. The Hall–Kier alpha value is -1.68. The van der Waals surface area contributed by atoms with Gasteiger partial charge in [0.25, 0.3) is 0 Å². The molecule has 0 bridgehead atoms. The fourth-order valence-corrected chi connectivity index (χ4v) is 3.39. The zero-order valence-corrected chi connectivity index (χ0v) is 13.1. The van der Waals surface area contributed by atoms with Crippen LogP contribution < -0.4 is 4.90 Å². The van der Waals surface area contributed by atoms with Crippen LogP contribution >= 0.6 is 0 Å². The minimum absolute atomic E-state index is 0.203. The average molecular weight is 287 g/mol. The molecule has 112 valence electrons. The zero-order chi connectivity index (χ0) is 15.1. The summed E-state index contributed by atoms with van der Waals surface area (Å²) in [6.07, 6.45) is 0. The molecule has 21 heavy (non-hydrogen) atoms. The summed E-state index contributed by atoms with van der Waals surface area (Å²) < 4.78 is 13.6. The lowest BCUT2D eigenvalue weighted by Crippen LogP contribution is -2.34. The molecule has 0 saturated carbocycles. The highest BCUT2D eigenvalue weighted by molar-refractivity contribution is 5.92. The maximum absolute atomic E-state index is 13.6. The molecule has 0 radical (unpaired) electrons. The van der Waals surface area contributed by atoms with Crippen molar-refractivity contribution in [1.82, 2.24) is 9.88 Å². The summed E-state index contributed by atoms with van der Waals surface area (Å²) in [5, 5.41) is 0.909. The van der Waals surface area contributed by atoms with Crippen molar-refractivity contribution in [2.24, 2.45) is 5.92 Å². The smallest absolute Gasteiger partial charge is 0.124 e. The number of hydrogen-bond acceptors (Lipinski definition) is 3. The average Bonchev–Trinajstić information content (AvgIpc) is 2.80. The SMILES string of the molecule is Cc1cc(N2CC(C)C(N(C)C)C2)c2cc(F)ccc2n1. The van der Waals surface area contributed by atoms with Crippen molar-refractivity contribution in [2.75, 3.05) is 32.1 Å². The monoisotopic (exact) mass is 287 g/mol. The van der Waals surface area contributed by atoms with Crippen LogP contribution in [0.2, 0.25) is 0 Å². The van der Waals surface area contributed by atoms with Gasteiger partial charge in [0.05, 0.1) is 5.52 Å². The third-order valence-electron chi connectivity index (χ3n) is 4.45. The Labute approximate surface area is 125 Å². The minimum atomic E-state index is -0.203. The highest BCUT2D eigenvalue weighted by atomic mass is 19.1. The first-order valence-electron chi connectivity index (χ1n) is 7.44. The molecule has 2 atom stereocenters. The zero-order valence-electron chi connectivity index (χ0n) is 13.1. The van der Waals surface area contributed by atoms with E-state index in [1.807, 2.05) is 6.92 Å². The van der Waals surface area contributed by atoms with E-state index in [0.717, 1.165) is 35.4 Å². The van der Waals surface area contributed by atoms with Gasteiger partial charge in [0.15, 0.2) is 0 Å². The van der Waals surface area contributed by atoms with Crippen molar-refractivity contribution in [2.45, 2.75) is 19.9 Å². The Kier molecular flexibility index (Phi) is 3.57. The Morgan fingerprint density at radius 3 is 2.67 bits per heavy atom. The van der Waals surface area contributed by atoms with Crippen molar-refractivity contribution >= 4 is 16.6 Å². The highest BCUT2D eigenvalue weighted by Gasteiger charge is 2.31. The molecule has 2 aromatic rings. The van der Waals surface area contributed by atoms with Gasteiger partial charge in [0.1, 0.15) is 5.82 Å². The largest absolute Gasteiger partial charge is 0.369 e. The Balaban J connectivity index is 2.06. The van der Waals surface area contributed by atoms with Crippen LogP contribution in [0.15, 0.2) is 24.3 Å². The van der Waals surface area contributed by atoms with Gasteiger partial charge in [-0.15, -0.1) is 0 Å². The van der Waals surface area contributed by atoms with E-state index in [4.69, 9.17) is 0 Å². The number of nitrogens with zero attached hydrogens (tertiary/aromatic N) is 3. The molecule has 1 aromatic heterocycles. The molecule has 2 unspecified atom stereocenters. The molecular weight excluding hydrogens is 265 g/mol. The number of pyridine rings is 1. The molecule has 3 nitrogen and oxygen atoms in total. The van der Waals surface area contributed by atoms with E-state index >= 15 is 0 Å². The first-order valence-corrected chi connectivity index (χ1v) is 7.44. The summed E-state index contributed by atoms with van der Waals surface area (Å²) in [5.41, 5.74) is 2.95. The van der Waals surface area contributed by atoms with E-state index in [2.05, 4.69) is 41.9 Å². The molecule has 4 heteroatoms. The van der Waals surface area contributed by atoms with Crippen LogP contribution in [0.1, 0.15) is 12.6 Å². The van der Waals surface area contributed by atoms with Gasteiger partial charge >= 0.3 is 0 Å². The summed E-state index contributed by atoms with van der Waals surface area (Å²) in [4.78, 5) is 9.16. The second-order valence-corrected chi connectivity index (χ2v) is 6.36. The molecule has 1 aliphatic rings. The van der Waals surface area contributed by atoms with E-state index in [-0.39, 0.29) is 5.82 Å². The van der Waals surface area contributed by atoms with Crippen LogP contribution in [-0.4, -0.2) is 43.1 Å². The van der Waals surface area contributed by atoms with E-state index in [0.29, 0.717) is 12.0 Å². The fourth-order valence-electron chi connectivity index (χ4n) is 3.39. The Morgan fingerprint density at radius 2 is 2.00 bits per heavy atom. The number of likely N-dealkylation sites (N-methyl/N-ethyl adjacent to an activating group) is 1. The number of aryl methyl sites for hydroxylation is 1. The maximum atomic E-state index is 13.6. The number of anilines is 1. The minimum Gasteiger partial charge on any atom is -0.369 e. The lowest BCUT2D eigenvalue weighted by molar-refractivity contribution is 0.266. The van der Waals surface area contributed by atoms with Gasteiger partial charge in [-0.3, -0.25) is 4.98 Å². The van der Waals surface area contributed by atoms with Gasteiger partial charge in [-0.1, -0.05) is 6.92 Å². The number of halogens is 1. The number of fused-ring (bicyclic) bond motifs is 1. The van der Waals surface area contributed by atoms with Crippen molar-refractivity contribution in [3.63, 3.8) is 0 Å². The van der Waals surface area contributed by atoms with Crippen molar-refractivity contribution in [3.05, 3.63) is 35.8 Å². The van der Waals surface area contributed by atoms with Crippen LogP contribution in [0.5, 0.6) is 0 Å². The van der Waals surface area contributed by atoms with Gasteiger partial charge in [-0.05, 0) is 51.2 Å². The van der Waals surface area contributed by atoms with Crippen LogP contribution in [0.25, 0.3) is 10.9 Å². The van der Waals surface area contributed by atoms with Gasteiger partial charge < -0.3 is 9.80 Å². The van der Waals surface area contributed by atoms with Crippen LogP contribution in [0.4, 0.5) is 10.1 Å². The Bertz CT molecular complexity index is 668. The lowest BCUT2D eigenvalue weighted by Gasteiger charge is -2.24. The van der Waals surface area contributed by atoms with Gasteiger partial charge in [-0.25, -0.2) is 4.39 Å². The van der Waals surface area contributed by atoms with Crippen molar-refractivity contribution in [1.29, 1.82) is 0 Å². The highest BCUT2D eigenvalue weighted by Crippen LogP contribution is 2.32. The molecule has 1 aromatic carbocycles. The number of benzene rings is 1. The second-order valence-electron chi connectivity index (χ2n) is 6.36. The Morgan fingerprint density at radius 1 is 1.24 bits per heavy atom. The maximum Gasteiger partial charge on any atom is 0.124 e. The predicted octanol–water partition coefficient (Wildman–Crippen LogP) is 3.07. The molecule has 3 rings (SSSR count). The summed E-state index contributed by atoms with van der Waals surface area (Å²) >= 11 is 0. The number of hydrogen-bond donors (Lipinski definition) is 0. The number of rotatable bonds is 2. The van der Waals surface area contributed by atoms with Crippen LogP contribution in [0.3, 0.4) is 0 Å². The van der Waals surface area contributed by atoms with Gasteiger partial charge in [0.2, 0.25) is 0 Å². The van der Waals surface area contributed by atoms with Gasteiger partial charge in [0, 0.05) is 35.9 Å². The van der Waals surface area contributed by atoms with E-state index in [1.54, 1.807) is 12.1 Å².